The molecule has 0 saturated heterocycles. The molecule has 8 nitrogen and oxygen atoms in total. The summed E-state index contributed by atoms with van der Waals surface area (Å²) >= 11 is 6.23. The lowest BCUT2D eigenvalue weighted by Crippen LogP contribution is -2.41. The van der Waals surface area contributed by atoms with E-state index in [0.717, 1.165) is 32.6 Å². The number of H-pyrrole nitrogens is 1. The molecule has 1 unspecified atom stereocenters. The number of carbonyl (C=O) groups excluding carboxylic acids is 2. The number of carbonyl (C=O) groups is 3. The SMILES string of the molecule is CCOC(=O)N1CCc2c([nH]c3ccc(Cl)cc23)C1c1cccc(C(=O)N(C)CC(=O)O)c1. The Bertz CT molecular complexity index is 1240. The summed E-state index contributed by atoms with van der Waals surface area (Å²) in [4.78, 5) is 42.9. The minimum absolute atomic E-state index is 0.246. The number of carboxylic acid groups (broad SMARTS) is 1. The van der Waals surface area contributed by atoms with Crippen LogP contribution in [-0.2, 0) is 16.0 Å². The molecule has 172 valence electrons. The number of amides is 2. The zero-order valence-electron chi connectivity index (χ0n) is 18.3. The molecule has 2 N–H and O–H groups in total. The molecule has 1 aliphatic heterocycles. The molecule has 0 saturated carbocycles. The smallest absolute Gasteiger partial charge is 0.410 e. The lowest BCUT2D eigenvalue weighted by atomic mass is 9.91. The highest BCUT2D eigenvalue weighted by Gasteiger charge is 2.35. The maximum atomic E-state index is 12.8. The largest absolute Gasteiger partial charge is 0.480 e. The lowest BCUT2D eigenvalue weighted by Gasteiger charge is -2.35. The van der Waals surface area contributed by atoms with Gasteiger partial charge in [-0.1, -0.05) is 23.7 Å². The number of ether oxygens (including phenoxy) is 1. The molecular formula is C24H24ClN3O5. The number of aromatic nitrogens is 1. The number of likely N-dealkylation sites (N-methyl/N-ethyl adjacent to an activating group) is 1. The van der Waals surface area contributed by atoms with Crippen molar-refractivity contribution in [2.45, 2.75) is 19.4 Å². The third-order valence-electron chi connectivity index (χ3n) is 5.76. The van der Waals surface area contributed by atoms with Crippen LogP contribution in [0.15, 0.2) is 42.5 Å². The number of benzene rings is 2. The van der Waals surface area contributed by atoms with Gasteiger partial charge in [-0.15, -0.1) is 0 Å². The van der Waals surface area contributed by atoms with Gasteiger partial charge in [-0.05, 0) is 54.8 Å². The maximum Gasteiger partial charge on any atom is 0.410 e. The second-order valence-corrected chi connectivity index (χ2v) is 8.37. The topological polar surface area (TPSA) is 103 Å². The second kappa shape index (κ2) is 9.15. The Morgan fingerprint density at radius 2 is 2.03 bits per heavy atom. The maximum absolute atomic E-state index is 12.8. The third kappa shape index (κ3) is 4.39. The molecule has 9 heteroatoms. The lowest BCUT2D eigenvalue weighted by molar-refractivity contribution is -0.137. The van der Waals surface area contributed by atoms with Crippen molar-refractivity contribution in [3.63, 3.8) is 0 Å². The van der Waals surface area contributed by atoms with Gasteiger partial charge in [0, 0.05) is 40.8 Å². The van der Waals surface area contributed by atoms with Crippen LogP contribution in [0.1, 0.15) is 40.1 Å². The van der Waals surface area contributed by atoms with Crippen LogP contribution in [-0.4, -0.2) is 64.6 Å². The van der Waals surface area contributed by atoms with E-state index in [2.05, 4.69) is 4.98 Å². The van der Waals surface area contributed by atoms with Gasteiger partial charge in [-0.3, -0.25) is 14.5 Å². The quantitative estimate of drug-likeness (QED) is 0.586. The average molecular weight is 470 g/mol. The summed E-state index contributed by atoms with van der Waals surface area (Å²) in [7, 11) is 1.44. The molecule has 0 fully saturated rings. The summed E-state index contributed by atoms with van der Waals surface area (Å²) in [5, 5.41) is 10.6. The van der Waals surface area contributed by atoms with Gasteiger partial charge in [0.25, 0.3) is 5.91 Å². The molecule has 2 heterocycles. The number of rotatable bonds is 5. The molecule has 0 bridgehead atoms. The summed E-state index contributed by atoms with van der Waals surface area (Å²) in [6.07, 6.45) is 0.190. The first kappa shape index (κ1) is 22.7. The van der Waals surface area contributed by atoms with Crippen LogP contribution < -0.4 is 0 Å². The zero-order chi connectivity index (χ0) is 23.7. The first-order valence-electron chi connectivity index (χ1n) is 10.6. The highest BCUT2D eigenvalue weighted by atomic mass is 35.5. The monoisotopic (exact) mass is 469 g/mol. The predicted octanol–water partition coefficient (Wildman–Crippen LogP) is 4.08. The number of carboxylic acids is 1. The van der Waals surface area contributed by atoms with Gasteiger partial charge in [0.2, 0.25) is 0 Å². The van der Waals surface area contributed by atoms with E-state index >= 15 is 0 Å². The summed E-state index contributed by atoms with van der Waals surface area (Å²) in [5.41, 5.74) is 3.88. The molecule has 0 spiro atoms. The number of nitrogens with zero attached hydrogens (tertiary/aromatic N) is 2. The van der Waals surface area contributed by atoms with Crippen LogP contribution >= 0.6 is 11.6 Å². The van der Waals surface area contributed by atoms with Crippen LogP contribution in [0.4, 0.5) is 4.79 Å². The van der Waals surface area contributed by atoms with E-state index in [1.54, 1.807) is 30.0 Å². The fraction of sp³-hybridized carbons (Fsp3) is 0.292. The molecule has 1 atom stereocenters. The molecule has 0 radical (unpaired) electrons. The highest BCUT2D eigenvalue weighted by molar-refractivity contribution is 6.31. The van der Waals surface area contributed by atoms with Crippen molar-refractivity contribution in [1.29, 1.82) is 0 Å². The van der Waals surface area contributed by atoms with Crippen molar-refractivity contribution >= 4 is 40.5 Å². The van der Waals surface area contributed by atoms with Crippen LogP contribution in [0.5, 0.6) is 0 Å². The number of halogens is 1. The van der Waals surface area contributed by atoms with Crippen molar-refractivity contribution in [1.82, 2.24) is 14.8 Å². The first-order valence-corrected chi connectivity index (χ1v) is 11.0. The molecule has 4 rings (SSSR count). The van der Waals surface area contributed by atoms with Gasteiger partial charge in [0.15, 0.2) is 0 Å². The Balaban J connectivity index is 1.81. The van der Waals surface area contributed by atoms with E-state index in [1.807, 2.05) is 24.3 Å². The summed E-state index contributed by atoms with van der Waals surface area (Å²) < 4.78 is 5.31. The fourth-order valence-corrected chi connectivity index (χ4v) is 4.52. The minimum Gasteiger partial charge on any atom is -0.480 e. The van der Waals surface area contributed by atoms with Crippen molar-refractivity contribution in [3.8, 4) is 0 Å². The normalized spacial score (nSPS) is 15.2. The van der Waals surface area contributed by atoms with Gasteiger partial charge in [-0.25, -0.2) is 4.79 Å². The van der Waals surface area contributed by atoms with Crippen molar-refractivity contribution < 1.29 is 24.2 Å². The van der Waals surface area contributed by atoms with Gasteiger partial charge in [-0.2, -0.15) is 0 Å². The summed E-state index contributed by atoms with van der Waals surface area (Å²) in [5.74, 6) is -1.51. The number of aliphatic carboxylic acids is 1. The van der Waals surface area contributed by atoms with Gasteiger partial charge >= 0.3 is 12.1 Å². The summed E-state index contributed by atoms with van der Waals surface area (Å²) in [6.45, 7) is 2.03. The second-order valence-electron chi connectivity index (χ2n) is 7.93. The van der Waals surface area contributed by atoms with Gasteiger partial charge in [0.05, 0.1) is 6.61 Å². The van der Waals surface area contributed by atoms with Crippen LogP contribution in [0, 0.1) is 0 Å². The molecule has 0 aliphatic carbocycles. The van der Waals surface area contributed by atoms with E-state index < -0.39 is 30.6 Å². The van der Waals surface area contributed by atoms with E-state index in [4.69, 9.17) is 21.4 Å². The van der Waals surface area contributed by atoms with E-state index in [0.29, 0.717) is 23.6 Å². The Kier molecular flexibility index (Phi) is 6.29. The molecule has 2 amide bonds. The van der Waals surface area contributed by atoms with E-state index in [-0.39, 0.29) is 6.61 Å². The molecule has 1 aromatic heterocycles. The predicted molar refractivity (Wildman–Crippen MR) is 124 cm³/mol. The zero-order valence-corrected chi connectivity index (χ0v) is 19.1. The van der Waals surface area contributed by atoms with Gasteiger partial charge in [0.1, 0.15) is 12.6 Å². The number of hydrogen-bond acceptors (Lipinski definition) is 4. The van der Waals surface area contributed by atoms with E-state index in [1.165, 1.54) is 7.05 Å². The van der Waals surface area contributed by atoms with Crippen LogP contribution in [0.3, 0.4) is 0 Å². The Hall–Kier alpha value is -3.52. The summed E-state index contributed by atoms with van der Waals surface area (Å²) in [6, 6.07) is 12.0. The van der Waals surface area contributed by atoms with Crippen LogP contribution in [0.2, 0.25) is 5.02 Å². The number of nitrogens with one attached hydrogen (secondary N) is 1. The Labute approximate surface area is 195 Å². The molecular weight excluding hydrogens is 446 g/mol. The standard InChI is InChI=1S/C24H24ClN3O5/c1-3-33-24(32)28-10-9-17-18-12-16(25)7-8-19(18)26-21(17)22(28)14-5-4-6-15(11-14)23(31)27(2)13-20(29)30/h4-8,11-12,22,26H,3,9-10,13H2,1-2H3,(H,29,30). The fourth-order valence-electron chi connectivity index (χ4n) is 4.35. The van der Waals surface area contributed by atoms with Crippen molar-refractivity contribution in [2.75, 3.05) is 26.7 Å². The van der Waals surface area contributed by atoms with E-state index in [9.17, 15) is 14.4 Å². The third-order valence-corrected chi connectivity index (χ3v) is 5.99. The number of aromatic amines is 1. The van der Waals surface area contributed by atoms with Crippen LogP contribution in [0.25, 0.3) is 10.9 Å². The number of fused-ring (bicyclic) bond motifs is 3. The van der Waals surface area contributed by atoms with Crippen molar-refractivity contribution in [2.24, 2.45) is 0 Å². The first-order chi connectivity index (χ1) is 15.8. The molecule has 33 heavy (non-hydrogen) atoms. The van der Waals surface area contributed by atoms with Crippen molar-refractivity contribution in [3.05, 3.63) is 69.9 Å². The molecule has 3 aromatic rings. The number of hydrogen-bond donors (Lipinski definition) is 2. The average Bonchev–Trinajstić information content (AvgIpc) is 3.15. The Morgan fingerprint density at radius 1 is 1.24 bits per heavy atom. The Morgan fingerprint density at radius 3 is 2.76 bits per heavy atom. The molecule has 2 aromatic carbocycles. The minimum atomic E-state index is -1.09. The highest BCUT2D eigenvalue weighted by Crippen LogP contribution is 2.39. The molecule has 1 aliphatic rings. The van der Waals surface area contributed by atoms with Gasteiger partial charge < -0.3 is 19.7 Å².